The first-order valence-corrected chi connectivity index (χ1v) is 9.09. The van der Waals surface area contributed by atoms with E-state index in [-0.39, 0.29) is 16.5 Å². The summed E-state index contributed by atoms with van der Waals surface area (Å²) >= 11 is 0. The van der Waals surface area contributed by atoms with Crippen molar-refractivity contribution in [3.8, 4) is 0 Å². The number of H-pyrrole nitrogens is 1. The molecule has 0 spiro atoms. The third-order valence-corrected chi connectivity index (χ3v) is 5.05. The SMILES string of the molecule is Cc1nn(C)c(NCC(c2ccccc2)c2c[nH]c3ccccc23)c1[N+](=O)[O-]. The van der Waals surface area contributed by atoms with E-state index in [4.69, 9.17) is 0 Å². The summed E-state index contributed by atoms with van der Waals surface area (Å²) in [6.07, 6.45) is 2.02. The predicted molar refractivity (Wildman–Crippen MR) is 110 cm³/mol. The molecule has 0 aliphatic carbocycles. The minimum Gasteiger partial charge on any atom is -0.364 e. The fraction of sp³-hybridized carbons (Fsp3) is 0.190. The molecule has 2 N–H and O–H groups in total. The number of fused-ring (bicyclic) bond motifs is 1. The number of nitro groups is 1. The molecule has 4 rings (SSSR count). The van der Waals surface area contributed by atoms with Crippen LogP contribution in [0.4, 0.5) is 11.5 Å². The van der Waals surface area contributed by atoms with Gasteiger partial charge in [-0.05, 0) is 24.1 Å². The highest BCUT2D eigenvalue weighted by Crippen LogP contribution is 2.33. The Hall–Kier alpha value is -3.61. The summed E-state index contributed by atoms with van der Waals surface area (Å²) < 4.78 is 1.53. The van der Waals surface area contributed by atoms with Crippen LogP contribution in [0.15, 0.2) is 60.8 Å². The van der Waals surface area contributed by atoms with Gasteiger partial charge in [0.25, 0.3) is 0 Å². The molecule has 4 aromatic rings. The van der Waals surface area contributed by atoms with Gasteiger partial charge in [0.05, 0.1) is 4.92 Å². The number of para-hydroxylation sites is 1. The molecule has 0 aliphatic rings. The maximum Gasteiger partial charge on any atom is 0.333 e. The number of nitrogens with zero attached hydrogens (tertiary/aromatic N) is 3. The molecular formula is C21H21N5O2. The van der Waals surface area contributed by atoms with Crippen LogP contribution in [-0.4, -0.2) is 26.2 Å². The van der Waals surface area contributed by atoms with Crippen LogP contribution in [0.5, 0.6) is 0 Å². The van der Waals surface area contributed by atoms with Gasteiger partial charge in [0.15, 0.2) is 0 Å². The molecule has 0 amide bonds. The van der Waals surface area contributed by atoms with Gasteiger partial charge in [0.2, 0.25) is 5.82 Å². The second-order valence-corrected chi connectivity index (χ2v) is 6.80. The van der Waals surface area contributed by atoms with E-state index in [1.807, 2.05) is 42.6 Å². The first-order valence-electron chi connectivity index (χ1n) is 9.09. The predicted octanol–water partition coefficient (Wildman–Crippen LogP) is 4.36. The van der Waals surface area contributed by atoms with Gasteiger partial charge >= 0.3 is 5.69 Å². The number of nitrogens with one attached hydrogen (secondary N) is 2. The molecule has 7 heteroatoms. The summed E-state index contributed by atoms with van der Waals surface area (Å²) in [7, 11) is 1.71. The number of anilines is 1. The number of rotatable bonds is 6. The van der Waals surface area contributed by atoms with Crippen LogP contribution in [0.1, 0.15) is 22.7 Å². The van der Waals surface area contributed by atoms with Crippen molar-refractivity contribution in [1.82, 2.24) is 14.8 Å². The Morgan fingerprint density at radius 1 is 1.18 bits per heavy atom. The van der Waals surface area contributed by atoms with Crippen molar-refractivity contribution in [2.45, 2.75) is 12.8 Å². The topological polar surface area (TPSA) is 88.8 Å². The Bertz CT molecular complexity index is 1130. The number of hydrogen-bond acceptors (Lipinski definition) is 4. The molecule has 0 saturated heterocycles. The maximum atomic E-state index is 11.5. The minimum atomic E-state index is -0.381. The third-order valence-electron chi connectivity index (χ3n) is 5.05. The van der Waals surface area contributed by atoms with Crippen molar-refractivity contribution < 1.29 is 4.92 Å². The molecule has 142 valence electrons. The van der Waals surface area contributed by atoms with Crippen LogP contribution in [0, 0.1) is 17.0 Å². The molecule has 0 bridgehead atoms. The first-order chi connectivity index (χ1) is 13.6. The molecule has 1 unspecified atom stereocenters. The number of aromatic amines is 1. The molecule has 0 fully saturated rings. The summed E-state index contributed by atoms with van der Waals surface area (Å²) in [5, 5.41) is 20.1. The van der Waals surface area contributed by atoms with Crippen molar-refractivity contribution in [2.75, 3.05) is 11.9 Å². The van der Waals surface area contributed by atoms with Crippen molar-refractivity contribution in [1.29, 1.82) is 0 Å². The molecule has 2 aromatic carbocycles. The molecule has 2 aromatic heterocycles. The van der Waals surface area contributed by atoms with Gasteiger partial charge in [-0.2, -0.15) is 5.10 Å². The molecule has 0 saturated carbocycles. The zero-order valence-electron chi connectivity index (χ0n) is 15.7. The smallest absolute Gasteiger partial charge is 0.333 e. The Morgan fingerprint density at radius 2 is 1.89 bits per heavy atom. The lowest BCUT2D eigenvalue weighted by atomic mass is 9.91. The quantitative estimate of drug-likeness (QED) is 0.387. The van der Waals surface area contributed by atoms with Gasteiger partial charge in [-0.1, -0.05) is 48.5 Å². The average molecular weight is 375 g/mol. The first kappa shape index (κ1) is 17.8. The van der Waals surface area contributed by atoms with Crippen LogP contribution < -0.4 is 5.32 Å². The minimum absolute atomic E-state index is 0.0205. The maximum absolute atomic E-state index is 11.5. The van der Waals surface area contributed by atoms with Crippen molar-refractivity contribution in [3.05, 3.63) is 87.7 Å². The van der Waals surface area contributed by atoms with E-state index in [2.05, 4.69) is 33.6 Å². The number of aryl methyl sites for hydroxylation is 2. The van der Waals surface area contributed by atoms with Crippen LogP contribution >= 0.6 is 0 Å². The van der Waals surface area contributed by atoms with Crippen LogP contribution in [0.25, 0.3) is 10.9 Å². The molecule has 7 nitrogen and oxygen atoms in total. The summed E-state index contributed by atoms with van der Waals surface area (Å²) in [6, 6.07) is 18.3. The summed E-state index contributed by atoms with van der Waals surface area (Å²) in [4.78, 5) is 14.4. The normalized spacial score (nSPS) is 12.2. The van der Waals surface area contributed by atoms with E-state index >= 15 is 0 Å². The van der Waals surface area contributed by atoms with Gasteiger partial charge in [-0.15, -0.1) is 0 Å². The standard InChI is InChI=1S/C21H21N5O2/c1-14-20(26(27)28)21(25(2)24-14)23-12-17(15-8-4-3-5-9-15)18-13-22-19-11-7-6-10-16(18)19/h3-11,13,17,22-23H,12H2,1-2H3. The fourth-order valence-electron chi connectivity index (χ4n) is 3.74. The molecule has 1 atom stereocenters. The monoisotopic (exact) mass is 375 g/mol. The molecule has 28 heavy (non-hydrogen) atoms. The van der Waals surface area contributed by atoms with Gasteiger partial charge in [-0.25, -0.2) is 4.68 Å². The van der Waals surface area contributed by atoms with Gasteiger partial charge in [0, 0.05) is 36.6 Å². The van der Waals surface area contributed by atoms with E-state index in [0.29, 0.717) is 18.1 Å². The number of benzene rings is 2. The molecular weight excluding hydrogens is 354 g/mol. The van der Waals surface area contributed by atoms with Gasteiger partial charge < -0.3 is 10.3 Å². The van der Waals surface area contributed by atoms with Crippen LogP contribution in [0.2, 0.25) is 0 Å². The highest BCUT2D eigenvalue weighted by atomic mass is 16.6. The highest BCUT2D eigenvalue weighted by Gasteiger charge is 2.25. The van der Waals surface area contributed by atoms with Crippen molar-refractivity contribution >= 4 is 22.4 Å². The molecule has 0 aliphatic heterocycles. The molecule has 0 radical (unpaired) electrons. The van der Waals surface area contributed by atoms with Crippen molar-refractivity contribution in [3.63, 3.8) is 0 Å². The van der Waals surface area contributed by atoms with E-state index in [9.17, 15) is 10.1 Å². The number of aromatic nitrogens is 3. The second-order valence-electron chi connectivity index (χ2n) is 6.80. The van der Waals surface area contributed by atoms with Gasteiger partial charge in [0.1, 0.15) is 5.69 Å². The van der Waals surface area contributed by atoms with E-state index in [0.717, 1.165) is 22.0 Å². The lowest BCUT2D eigenvalue weighted by molar-refractivity contribution is -0.384. The highest BCUT2D eigenvalue weighted by molar-refractivity contribution is 5.84. The lowest BCUT2D eigenvalue weighted by Crippen LogP contribution is -2.16. The van der Waals surface area contributed by atoms with E-state index in [1.165, 1.54) is 4.68 Å². The largest absolute Gasteiger partial charge is 0.364 e. The zero-order chi connectivity index (χ0) is 19.7. The second kappa shape index (κ2) is 7.19. The van der Waals surface area contributed by atoms with E-state index in [1.54, 1.807) is 14.0 Å². The Balaban J connectivity index is 1.73. The summed E-state index contributed by atoms with van der Waals surface area (Å²) in [5.74, 6) is 0.440. The number of hydrogen-bond donors (Lipinski definition) is 2. The zero-order valence-corrected chi connectivity index (χ0v) is 15.7. The van der Waals surface area contributed by atoms with Crippen LogP contribution in [0.3, 0.4) is 0 Å². The van der Waals surface area contributed by atoms with E-state index < -0.39 is 0 Å². The van der Waals surface area contributed by atoms with Gasteiger partial charge in [-0.3, -0.25) is 10.1 Å². The Kier molecular flexibility index (Phi) is 4.57. The van der Waals surface area contributed by atoms with Crippen molar-refractivity contribution in [2.24, 2.45) is 7.05 Å². The third kappa shape index (κ3) is 3.11. The molecule has 2 heterocycles. The Morgan fingerprint density at radius 3 is 2.64 bits per heavy atom. The summed E-state index contributed by atoms with van der Waals surface area (Å²) in [6.45, 7) is 2.16. The Labute approximate surface area is 162 Å². The lowest BCUT2D eigenvalue weighted by Gasteiger charge is -2.18. The van der Waals surface area contributed by atoms with Crippen LogP contribution in [-0.2, 0) is 7.05 Å². The fourth-order valence-corrected chi connectivity index (χ4v) is 3.74. The summed E-state index contributed by atoms with van der Waals surface area (Å²) in [5.41, 5.74) is 3.78. The average Bonchev–Trinajstić information content (AvgIpc) is 3.23.